The molecule has 1 amide bonds. The highest BCUT2D eigenvalue weighted by molar-refractivity contribution is 5.83. The van der Waals surface area contributed by atoms with E-state index in [9.17, 15) is 4.79 Å². The smallest absolute Gasteiger partial charge is 0.244 e. The molecule has 0 spiro atoms. The molecule has 3 rings (SSSR count). The third kappa shape index (κ3) is 5.81. The van der Waals surface area contributed by atoms with Gasteiger partial charge in [0.1, 0.15) is 11.8 Å². The van der Waals surface area contributed by atoms with Gasteiger partial charge in [0, 0.05) is 26.2 Å². The van der Waals surface area contributed by atoms with Gasteiger partial charge >= 0.3 is 0 Å². The lowest BCUT2D eigenvalue weighted by molar-refractivity contribution is -0.138. The third-order valence-corrected chi connectivity index (χ3v) is 5.62. The Hall–Kier alpha value is -2.37. The second-order valence-electron chi connectivity index (χ2n) is 7.90. The van der Waals surface area contributed by atoms with Gasteiger partial charge in [-0.25, -0.2) is 0 Å². The second-order valence-corrected chi connectivity index (χ2v) is 7.90. The van der Waals surface area contributed by atoms with Gasteiger partial charge in [-0.15, -0.1) is 0 Å². The van der Waals surface area contributed by atoms with Crippen molar-refractivity contribution < 1.29 is 9.53 Å². The molecule has 1 aliphatic heterocycles. The fourth-order valence-corrected chi connectivity index (χ4v) is 4.00. The van der Waals surface area contributed by atoms with Gasteiger partial charge < -0.3 is 9.64 Å². The number of benzene rings is 2. The maximum Gasteiger partial charge on any atom is 0.244 e. The summed E-state index contributed by atoms with van der Waals surface area (Å²) in [4.78, 5) is 19.7. The Labute approximate surface area is 174 Å². The molecular weight excluding hydrogens is 362 g/mol. The standard InChI is InChI=1S/C24H33N3O2/c1-25(2)23(21-11-5-4-6-12-21)24(28)27-17-15-26(16-18-27)14-8-10-20-9-7-13-22(19-20)29-3/h4-7,9,11-13,19,23H,8,10,14-18H2,1-3H3. The van der Waals surface area contributed by atoms with Crippen LogP contribution in [-0.4, -0.2) is 74.5 Å². The summed E-state index contributed by atoms with van der Waals surface area (Å²) in [6.07, 6.45) is 2.17. The Bertz CT molecular complexity index is 771. The summed E-state index contributed by atoms with van der Waals surface area (Å²) in [7, 11) is 5.66. The molecule has 2 aromatic carbocycles. The number of likely N-dealkylation sites (N-methyl/N-ethyl adjacent to an activating group) is 1. The molecule has 1 heterocycles. The molecule has 1 fully saturated rings. The minimum atomic E-state index is -0.212. The Morgan fingerprint density at radius 1 is 1.03 bits per heavy atom. The van der Waals surface area contributed by atoms with Crippen LogP contribution in [-0.2, 0) is 11.2 Å². The quantitative estimate of drug-likeness (QED) is 0.688. The van der Waals surface area contributed by atoms with E-state index in [2.05, 4.69) is 17.0 Å². The van der Waals surface area contributed by atoms with E-state index >= 15 is 0 Å². The monoisotopic (exact) mass is 395 g/mol. The molecule has 1 saturated heterocycles. The van der Waals surface area contributed by atoms with E-state index in [1.807, 2.05) is 66.4 Å². The van der Waals surface area contributed by atoms with Crippen molar-refractivity contribution in [2.24, 2.45) is 0 Å². The summed E-state index contributed by atoms with van der Waals surface area (Å²) in [6.45, 7) is 4.55. The highest BCUT2D eigenvalue weighted by Crippen LogP contribution is 2.22. The number of rotatable bonds is 8. The number of hydrogen-bond donors (Lipinski definition) is 0. The van der Waals surface area contributed by atoms with Crippen molar-refractivity contribution in [3.8, 4) is 5.75 Å². The predicted molar refractivity (Wildman–Crippen MR) is 117 cm³/mol. The minimum Gasteiger partial charge on any atom is -0.497 e. The van der Waals surface area contributed by atoms with E-state index < -0.39 is 0 Å². The van der Waals surface area contributed by atoms with Crippen molar-refractivity contribution in [3.05, 3.63) is 65.7 Å². The van der Waals surface area contributed by atoms with Crippen molar-refractivity contribution in [1.82, 2.24) is 14.7 Å². The lowest BCUT2D eigenvalue weighted by Crippen LogP contribution is -2.51. The molecular formula is C24H33N3O2. The van der Waals surface area contributed by atoms with E-state index in [4.69, 9.17) is 4.74 Å². The van der Waals surface area contributed by atoms with Crippen molar-refractivity contribution >= 4 is 5.91 Å². The predicted octanol–water partition coefficient (Wildman–Crippen LogP) is 3.07. The number of carbonyl (C=O) groups excluding carboxylic acids is 1. The maximum atomic E-state index is 13.2. The summed E-state index contributed by atoms with van der Waals surface area (Å²) < 4.78 is 5.30. The van der Waals surface area contributed by atoms with Crippen LogP contribution >= 0.6 is 0 Å². The number of amides is 1. The molecule has 0 saturated carbocycles. The van der Waals surface area contributed by atoms with E-state index in [-0.39, 0.29) is 11.9 Å². The number of methoxy groups -OCH3 is 1. The summed E-state index contributed by atoms with van der Waals surface area (Å²) in [5.41, 5.74) is 2.37. The molecule has 5 nitrogen and oxygen atoms in total. The average molecular weight is 396 g/mol. The number of nitrogens with zero attached hydrogens (tertiary/aromatic N) is 3. The lowest BCUT2D eigenvalue weighted by atomic mass is 10.0. The molecule has 0 bridgehead atoms. The number of ether oxygens (including phenoxy) is 1. The molecule has 156 valence electrons. The second kappa shape index (κ2) is 10.4. The SMILES string of the molecule is COc1cccc(CCCN2CCN(C(=O)C(c3ccccc3)N(C)C)CC2)c1. The molecule has 1 atom stereocenters. The minimum absolute atomic E-state index is 0.206. The first kappa shape index (κ1) is 21.3. The van der Waals surface area contributed by atoms with Gasteiger partial charge in [-0.1, -0.05) is 42.5 Å². The molecule has 0 aliphatic carbocycles. The number of piperazine rings is 1. The van der Waals surface area contributed by atoms with Crippen LogP contribution in [0, 0.1) is 0 Å². The molecule has 1 aliphatic rings. The molecule has 2 aromatic rings. The van der Waals surface area contributed by atoms with E-state index in [1.54, 1.807) is 7.11 Å². The third-order valence-electron chi connectivity index (χ3n) is 5.62. The Morgan fingerprint density at radius 2 is 1.76 bits per heavy atom. The van der Waals surface area contributed by atoms with E-state index in [1.165, 1.54) is 5.56 Å². The average Bonchev–Trinajstić information content (AvgIpc) is 2.75. The number of hydrogen-bond acceptors (Lipinski definition) is 4. The summed E-state index contributed by atoms with van der Waals surface area (Å²) in [6, 6.07) is 18.2. The molecule has 0 radical (unpaired) electrons. The van der Waals surface area contributed by atoms with Gasteiger partial charge in [-0.05, 0) is 56.7 Å². The van der Waals surface area contributed by atoms with Gasteiger partial charge in [-0.2, -0.15) is 0 Å². The zero-order chi connectivity index (χ0) is 20.6. The van der Waals surface area contributed by atoms with Crippen LogP contribution < -0.4 is 4.74 Å². The van der Waals surface area contributed by atoms with Crippen LogP contribution in [0.25, 0.3) is 0 Å². The summed E-state index contributed by atoms with van der Waals surface area (Å²) in [5.74, 6) is 1.13. The highest BCUT2D eigenvalue weighted by atomic mass is 16.5. The fraction of sp³-hybridized carbons (Fsp3) is 0.458. The maximum absolute atomic E-state index is 13.2. The van der Waals surface area contributed by atoms with Gasteiger partial charge in [0.05, 0.1) is 7.11 Å². The van der Waals surface area contributed by atoms with Crippen molar-refractivity contribution in [1.29, 1.82) is 0 Å². The van der Waals surface area contributed by atoms with E-state index in [0.717, 1.165) is 56.9 Å². The summed E-state index contributed by atoms with van der Waals surface area (Å²) >= 11 is 0. The van der Waals surface area contributed by atoms with Crippen LogP contribution in [0.3, 0.4) is 0 Å². The first-order valence-electron chi connectivity index (χ1n) is 10.4. The first-order valence-corrected chi connectivity index (χ1v) is 10.4. The van der Waals surface area contributed by atoms with Crippen LogP contribution in [0.15, 0.2) is 54.6 Å². The molecule has 0 aromatic heterocycles. The van der Waals surface area contributed by atoms with Gasteiger partial charge in [0.15, 0.2) is 0 Å². The Kier molecular flexibility index (Phi) is 7.67. The molecule has 29 heavy (non-hydrogen) atoms. The van der Waals surface area contributed by atoms with E-state index in [0.29, 0.717) is 0 Å². The highest BCUT2D eigenvalue weighted by Gasteiger charge is 2.29. The fourth-order valence-electron chi connectivity index (χ4n) is 4.00. The Morgan fingerprint density at radius 3 is 2.41 bits per heavy atom. The van der Waals surface area contributed by atoms with Crippen molar-refractivity contribution in [2.45, 2.75) is 18.9 Å². The van der Waals surface area contributed by atoms with Crippen LogP contribution in [0.1, 0.15) is 23.6 Å². The van der Waals surface area contributed by atoms with Crippen molar-refractivity contribution in [2.75, 3.05) is 53.9 Å². The van der Waals surface area contributed by atoms with Crippen LogP contribution in [0.5, 0.6) is 5.75 Å². The zero-order valence-electron chi connectivity index (χ0n) is 17.9. The number of aryl methyl sites for hydroxylation is 1. The number of carbonyl (C=O) groups is 1. The summed E-state index contributed by atoms with van der Waals surface area (Å²) in [5, 5.41) is 0. The lowest BCUT2D eigenvalue weighted by Gasteiger charge is -2.37. The zero-order valence-corrected chi connectivity index (χ0v) is 17.9. The first-order chi connectivity index (χ1) is 14.1. The van der Waals surface area contributed by atoms with Gasteiger partial charge in [0.2, 0.25) is 5.91 Å². The molecule has 1 unspecified atom stereocenters. The van der Waals surface area contributed by atoms with Gasteiger partial charge in [-0.3, -0.25) is 14.6 Å². The molecule has 0 N–H and O–H groups in total. The molecule has 5 heteroatoms. The van der Waals surface area contributed by atoms with Crippen LogP contribution in [0.4, 0.5) is 0 Å². The Balaban J connectivity index is 1.47. The largest absolute Gasteiger partial charge is 0.497 e. The van der Waals surface area contributed by atoms with Crippen molar-refractivity contribution in [3.63, 3.8) is 0 Å². The normalized spacial score (nSPS) is 16.1. The van der Waals surface area contributed by atoms with Crippen LogP contribution in [0.2, 0.25) is 0 Å². The van der Waals surface area contributed by atoms with Gasteiger partial charge in [0.25, 0.3) is 0 Å². The topological polar surface area (TPSA) is 36.0 Å².